The summed E-state index contributed by atoms with van der Waals surface area (Å²) in [5, 5.41) is 6.74. The molecule has 0 unspecified atom stereocenters. The molecule has 1 saturated heterocycles. The van der Waals surface area contributed by atoms with E-state index >= 15 is 0 Å². The lowest BCUT2D eigenvalue weighted by Crippen LogP contribution is -2.46. The second-order valence-corrected chi connectivity index (χ2v) is 11.1. The fraction of sp³-hybridized carbons (Fsp3) is 0.385. The summed E-state index contributed by atoms with van der Waals surface area (Å²) in [6.45, 7) is 4.62. The van der Waals surface area contributed by atoms with Crippen molar-refractivity contribution in [2.75, 3.05) is 37.4 Å². The predicted octanol–water partition coefficient (Wildman–Crippen LogP) is 3.89. The molecule has 2 amide bonds. The molecule has 0 atom stereocenters. The Balaban J connectivity index is 1.22. The van der Waals surface area contributed by atoms with Crippen LogP contribution in [0.5, 0.6) is 0 Å². The minimum absolute atomic E-state index is 0.109. The number of para-hydroxylation sites is 1. The molecule has 0 radical (unpaired) electrons. The van der Waals surface area contributed by atoms with Crippen LogP contribution in [0.2, 0.25) is 0 Å². The van der Waals surface area contributed by atoms with E-state index in [0.29, 0.717) is 25.4 Å². The van der Waals surface area contributed by atoms with Crippen molar-refractivity contribution in [3.8, 4) is 0 Å². The van der Waals surface area contributed by atoms with E-state index in [1.165, 1.54) is 0 Å². The number of halogens is 1. The molecule has 3 aromatic rings. The van der Waals surface area contributed by atoms with Crippen molar-refractivity contribution < 1.29 is 13.2 Å². The first-order valence-corrected chi connectivity index (χ1v) is 14.2. The van der Waals surface area contributed by atoms with E-state index in [1.54, 1.807) is 18.2 Å². The summed E-state index contributed by atoms with van der Waals surface area (Å²) in [5.74, 6) is 0.451. The van der Waals surface area contributed by atoms with Crippen molar-refractivity contribution in [3.63, 3.8) is 0 Å². The second kappa shape index (κ2) is 12.0. The zero-order valence-corrected chi connectivity index (χ0v) is 21.9. The van der Waals surface area contributed by atoms with Crippen LogP contribution in [0.25, 0.3) is 10.9 Å². The zero-order chi connectivity index (χ0) is 25.5. The van der Waals surface area contributed by atoms with Crippen LogP contribution < -0.4 is 15.4 Å². The molecule has 1 aromatic heterocycles. The van der Waals surface area contributed by atoms with E-state index in [4.69, 9.17) is 11.6 Å². The Hall–Kier alpha value is -2.72. The zero-order valence-electron chi connectivity index (χ0n) is 20.3. The van der Waals surface area contributed by atoms with E-state index in [2.05, 4.69) is 25.2 Å². The number of rotatable bonds is 9. The van der Waals surface area contributed by atoms with Crippen molar-refractivity contribution >= 4 is 44.2 Å². The SMILES string of the molecule is Cc1cc(NC(=O)NCCN2CCC(NS(=O)(=O)c3cccc(CCCl)c3)CC2)c2ccccc2n1. The average molecular weight is 530 g/mol. The molecule has 8 nitrogen and oxygen atoms in total. The number of amides is 2. The van der Waals surface area contributed by atoms with Crippen LogP contribution in [-0.4, -0.2) is 62.4 Å². The quantitative estimate of drug-likeness (QED) is 0.365. The smallest absolute Gasteiger partial charge is 0.319 e. The summed E-state index contributed by atoms with van der Waals surface area (Å²) in [6, 6.07) is 16.1. The highest BCUT2D eigenvalue weighted by Gasteiger charge is 2.24. The molecule has 0 saturated carbocycles. The van der Waals surface area contributed by atoms with Gasteiger partial charge < -0.3 is 15.5 Å². The summed E-state index contributed by atoms with van der Waals surface area (Å²) in [5.41, 5.74) is 3.32. The molecular weight excluding hydrogens is 498 g/mol. The van der Waals surface area contributed by atoms with E-state index in [0.717, 1.165) is 53.8 Å². The lowest BCUT2D eigenvalue weighted by Gasteiger charge is -2.32. The molecule has 36 heavy (non-hydrogen) atoms. The van der Waals surface area contributed by atoms with Crippen LogP contribution in [0.15, 0.2) is 59.5 Å². The van der Waals surface area contributed by atoms with Gasteiger partial charge in [0.05, 0.1) is 16.1 Å². The van der Waals surface area contributed by atoms with Crippen molar-refractivity contribution in [1.82, 2.24) is 19.9 Å². The normalized spacial score (nSPS) is 15.2. The molecular formula is C26H32ClN5O3S. The average Bonchev–Trinajstić information content (AvgIpc) is 2.85. The van der Waals surface area contributed by atoms with Gasteiger partial charge in [0.25, 0.3) is 0 Å². The largest absolute Gasteiger partial charge is 0.337 e. The van der Waals surface area contributed by atoms with Gasteiger partial charge in [-0.2, -0.15) is 0 Å². The van der Waals surface area contributed by atoms with Gasteiger partial charge in [-0.25, -0.2) is 17.9 Å². The molecule has 2 aromatic carbocycles. The molecule has 4 rings (SSSR count). The number of hydrogen-bond acceptors (Lipinski definition) is 5. The minimum Gasteiger partial charge on any atom is -0.337 e. The number of piperidine rings is 1. The van der Waals surface area contributed by atoms with Gasteiger partial charge in [0.15, 0.2) is 0 Å². The lowest BCUT2D eigenvalue weighted by molar-refractivity contribution is 0.206. The second-order valence-electron chi connectivity index (χ2n) is 9.03. The van der Waals surface area contributed by atoms with E-state index in [-0.39, 0.29) is 17.0 Å². The van der Waals surface area contributed by atoms with Crippen molar-refractivity contribution in [2.45, 2.75) is 37.1 Å². The van der Waals surface area contributed by atoms with Gasteiger partial charge in [0.2, 0.25) is 10.0 Å². The summed E-state index contributed by atoms with van der Waals surface area (Å²) in [7, 11) is -3.58. The first kappa shape index (κ1) is 26.3. The van der Waals surface area contributed by atoms with Crippen LogP contribution in [0.4, 0.5) is 10.5 Å². The lowest BCUT2D eigenvalue weighted by atomic mass is 10.1. The van der Waals surface area contributed by atoms with E-state index < -0.39 is 10.0 Å². The van der Waals surface area contributed by atoms with Crippen molar-refractivity contribution in [1.29, 1.82) is 0 Å². The van der Waals surface area contributed by atoms with E-state index in [9.17, 15) is 13.2 Å². The summed E-state index contributed by atoms with van der Waals surface area (Å²) >= 11 is 5.79. The fourth-order valence-electron chi connectivity index (χ4n) is 4.44. The number of aromatic nitrogens is 1. The third kappa shape index (κ3) is 6.94. The first-order chi connectivity index (χ1) is 17.3. The van der Waals surface area contributed by atoms with Crippen LogP contribution in [0.3, 0.4) is 0 Å². The predicted molar refractivity (Wildman–Crippen MR) is 144 cm³/mol. The van der Waals surface area contributed by atoms with Gasteiger partial charge in [-0.1, -0.05) is 30.3 Å². The molecule has 2 heterocycles. The summed E-state index contributed by atoms with van der Waals surface area (Å²) in [6.07, 6.45) is 2.07. The summed E-state index contributed by atoms with van der Waals surface area (Å²) in [4.78, 5) is 19.5. The molecule has 0 aliphatic carbocycles. The first-order valence-electron chi connectivity index (χ1n) is 12.1. The van der Waals surface area contributed by atoms with Crippen LogP contribution >= 0.6 is 11.6 Å². The van der Waals surface area contributed by atoms with Gasteiger partial charge in [-0.3, -0.25) is 4.98 Å². The minimum atomic E-state index is -3.58. The number of nitrogens with zero attached hydrogens (tertiary/aromatic N) is 2. The number of urea groups is 1. The number of carbonyl (C=O) groups is 1. The van der Waals surface area contributed by atoms with Crippen molar-refractivity contribution in [2.24, 2.45) is 0 Å². The topological polar surface area (TPSA) is 103 Å². The molecule has 1 fully saturated rings. The van der Waals surface area contributed by atoms with Crippen molar-refractivity contribution in [3.05, 3.63) is 65.9 Å². The standard InChI is InChI=1S/C26H32ClN5O3S/c1-19-17-25(23-7-2-3-8-24(23)29-19)30-26(33)28-13-16-32-14-10-21(11-15-32)31-36(34,35)22-6-4-5-20(18-22)9-12-27/h2-8,17-18,21,31H,9-16H2,1H3,(H2,28,29,30,33). The van der Waals surface area contributed by atoms with Gasteiger partial charge in [0.1, 0.15) is 0 Å². The summed E-state index contributed by atoms with van der Waals surface area (Å²) < 4.78 is 28.5. The highest BCUT2D eigenvalue weighted by atomic mass is 35.5. The Morgan fingerprint density at radius 3 is 2.67 bits per heavy atom. The van der Waals surface area contributed by atoms with Gasteiger partial charge in [0, 0.05) is 36.1 Å². The number of fused-ring (bicyclic) bond motifs is 1. The molecule has 0 bridgehead atoms. The number of alkyl halides is 1. The van der Waals surface area contributed by atoms with E-state index in [1.807, 2.05) is 43.3 Å². The van der Waals surface area contributed by atoms with Crippen LogP contribution in [-0.2, 0) is 16.4 Å². The van der Waals surface area contributed by atoms with Crippen LogP contribution in [0, 0.1) is 6.92 Å². The maximum atomic E-state index is 12.8. The highest BCUT2D eigenvalue weighted by Crippen LogP contribution is 2.23. The number of likely N-dealkylation sites (tertiary alicyclic amines) is 1. The Labute approximate surface area is 217 Å². The molecule has 3 N–H and O–H groups in total. The highest BCUT2D eigenvalue weighted by molar-refractivity contribution is 7.89. The monoisotopic (exact) mass is 529 g/mol. The molecule has 1 aliphatic rings. The molecule has 192 valence electrons. The number of anilines is 1. The Kier molecular flexibility index (Phi) is 8.79. The number of aryl methyl sites for hydroxylation is 2. The molecule has 1 aliphatic heterocycles. The number of hydrogen-bond donors (Lipinski definition) is 3. The van der Waals surface area contributed by atoms with Gasteiger partial charge >= 0.3 is 6.03 Å². The Bertz CT molecular complexity index is 1310. The number of carbonyl (C=O) groups excluding carboxylic acids is 1. The number of pyridine rings is 1. The number of sulfonamides is 1. The Morgan fingerprint density at radius 1 is 1.11 bits per heavy atom. The van der Waals surface area contributed by atoms with Gasteiger partial charge in [-0.15, -0.1) is 11.6 Å². The maximum Gasteiger partial charge on any atom is 0.319 e. The Morgan fingerprint density at radius 2 is 1.89 bits per heavy atom. The number of benzene rings is 2. The third-order valence-corrected chi connectivity index (χ3v) is 8.01. The van der Waals surface area contributed by atoms with Gasteiger partial charge in [-0.05, 0) is 69.1 Å². The number of nitrogens with one attached hydrogen (secondary N) is 3. The maximum absolute atomic E-state index is 12.8. The van der Waals surface area contributed by atoms with Crippen LogP contribution in [0.1, 0.15) is 24.1 Å². The fourth-order valence-corrected chi connectivity index (χ4v) is 6.04. The third-order valence-electron chi connectivity index (χ3n) is 6.31. The molecule has 10 heteroatoms. The molecule has 0 spiro atoms.